The fourth-order valence-corrected chi connectivity index (χ4v) is 5.19. The molecule has 0 aromatic carbocycles. The summed E-state index contributed by atoms with van der Waals surface area (Å²) in [5.41, 5.74) is 0. The highest BCUT2D eigenvalue weighted by Gasteiger charge is 2.38. The zero-order valence-corrected chi connectivity index (χ0v) is 18.7. The highest BCUT2D eigenvalue weighted by atomic mass is 32.2. The molecule has 0 bridgehead atoms. The molecule has 0 aromatic heterocycles. The summed E-state index contributed by atoms with van der Waals surface area (Å²) in [6.45, 7) is 3.31. The van der Waals surface area contributed by atoms with Gasteiger partial charge in [-0.2, -0.15) is 13.2 Å². The number of nitrogens with one attached hydrogen (secondary N) is 2. The van der Waals surface area contributed by atoms with Crippen molar-refractivity contribution in [2.75, 3.05) is 26.0 Å². The van der Waals surface area contributed by atoms with Gasteiger partial charge in [-0.05, 0) is 50.4 Å². The predicted octanol–water partition coefficient (Wildman–Crippen LogP) is 2.87. The van der Waals surface area contributed by atoms with Crippen LogP contribution in [-0.2, 0) is 14.8 Å². The molecule has 2 aliphatic rings. The molecule has 7 nitrogen and oxygen atoms in total. The average molecular weight is 458 g/mol. The largest absolute Gasteiger partial charge is 0.405 e. The summed E-state index contributed by atoms with van der Waals surface area (Å²) in [5, 5.41) is 1.89. The van der Waals surface area contributed by atoms with Gasteiger partial charge in [-0.1, -0.05) is 13.8 Å². The molecule has 11 heteroatoms. The van der Waals surface area contributed by atoms with Crippen molar-refractivity contribution < 1.29 is 31.1 Å². The summed E-state index contributed by atoms with van der Waals surface area (Å²) in [6.07, 6.45) is 1.38. The molecule has 1 aliphatic heterocycles. The molecule has 1 aliphatic carbocycles. The molecule has 176 valence electrons. The summed E-state index contributed by atoms with van der Waals surface area (Å²) in [7, 11) is -3.55. The van der Waals surface area contributed by atoms with E-state index in [9.17, 15) is 26.4 Å². The lowest BCUT2D eigenvalue weighted by atomic mass is 9.80. The van der Waals surface area contributed by atoms with Crippen molar-refractivity contribution in [1.29, 1.82) is 0 Å². The van der Waals surface area contributed by atoms with Crippen LogP contribution in [0.15, 0.2) is 0 Å². The van der Waals surface area contributed by atoms with Gasteiger partial charge >= 0.3 is 12.2 Å². The Labute approximate surface area is 177 Å². The molecule has 1 saturated carbocycles. The van der Waals surface area contributed by atoms with E-state index in [1.165, 1.54) is 4.90 Å². The molecule has 2 atom stereocenters. The van der Waals surface area contributed by atoms with Crippen molar-refractivity contribution in [2.24, 2.45) is 11.8 Å². The summed E-state index contributed by atoms with van der Waals surface area (Å²) < 4.78 is 69.6. The Balaban J connectivity index is 2.03. The average Bonchev–Trinajstić information content (AvgIpc) is 2.63. The van der Waals surface area contributed by atoms with Crippen LogP contribution in [0, 0.1) is 11.8 Å². The van der Waals surface area contributed by atoms with E-state index in [-0.39, 0.29) is 19.3 Å². The molecule has 2 fully saturated rings. The Morgan fingerprint density at radius 1 is 1.17 bits per heavy atom. The van der Waals surface area contributed by atoms with Crippen molar-refractivity contribution in [3.05, 3.63) is 0 Å². The molecule has 0 unspecified atom stereocenters. The Morgan fingerprint density at radius 3 is 2.33 bits per heavy atom. The second-order valence-corrected chi connectivity index (χ2v) is 10.6. The van der Waals surface area contributed by atoms with Gasteiger partial charge in [0.15, 0.2) is 0 Å². The zero-order chi connectivity index (χ0) is 22.5. The van der Waals surface area contributed by atoms with Gasteiger partial charge in [0.1, 0.15) is 6.54 Å². The Kier molecular flexibility index (Phi) is 8.81. The maximum atomic E-state index is 12.5. The number of carbonyl (C=O) groups is 1. The minimum atomic E-state index is -4.52. The normalized spacial score (nSPS) is 28.6. The van der Waals surface area contributed by atoms with Crippen LogP contribution in [0.3, 0.4) is 0 Å². The number of sulfonamides is 1. The molecule has 2 rings (SSSR count). The van der Waals surface area contributed by atoms with Crippen molar-refractivity contribution >= 4 is 16.1 Å². The van der Waals surface area contributed by atoms with Gasteiger partial charge in [0, 0.05) is 12.6 Å². The number of likely N-dealkylation sites (tertiary alicyclic amines) is 1. The van der Waals surface area contributed by atoms with E-state index in [0.717, 1.165) is 31.9 Å². The third-order valence-electron chi connectivity index (χ3n) is 6.01. The van der Waals surface area contributed by atoms with Crippen LogP contribution in [0.1, 0.15) is 52.4 Å². The molecule has 0 radical (unpaired) electrons. The quantitative estimate of drug-likeness (QED) is 0.615. The summed E-state index contributed by atoms with van der Waals surface area (Å²) in [5.74, 6) is 1.27. The lowest BCUT2D eigenvalue weighted by Gasteiger charge is -2.42. The number of hydrogen-bond acceptors (Lipinski definition) is 4. The standard InChI is InChI=1S/C19H34F3N3O4S/c1-13(2)14-6-8-15(9-7-14)29-11-17-16(24-30(3,27)28)5-4-10-25(17)18(26)23-12-19(20,21)22/h13-17,24H,4-12H2,1-3H3,(H,23,26)/t14-,15+,16-,17-/m0/s1. The maximum absolute atomic E-state index is 12.5. The highest BCUT2D eigenvalue weighted by molar-refractivity contribution is 7.88. The lowest BCUT2D eigenvalue weighted by Crippen LogP contribution is -2.61. The Hall–Kier alpha value is -1.07. The molecule has 30 heavy (non-hydrogen) atoms. The number of rotatable bonds is 7. The number of urea groups is 1. The molecule has 2 amide bonds. The predicted molar refractivity (Wildman–Crippen MR) is 107 cm³/mol. The Bertz CT molecular complexity index is 664. The topological polar surface area (TPSA) is 87.7 Å². The van der Waals surface area contributed by atoms with E-state index in [1.54, 1.807) is 0 Å². The van der Waals surface area contributed by atoms with E-state index in [2.05, 4.69) is 18.6 Å². The van der Waals surface area contributed by atoms with Gasteiger partial charge in [0.05, 0.1) is 25.0 Å². The molecular weight excluding hydrogens is 423 g/mol. The smallest absolute Gasteiger partial charge is 0.376 e. The van der Waals surface area contributed by atoms with E-state index in [4.69, 9.17) is 4.74 Å². The van der Waals surface area contributed by atoms with Crippen LogP contribution in [0.25, 0.3) is 0 Å². The van der Waals surface area contributed by atoms with Gasteiger partial charge < -0.3 is 15.0 Å². The monoisotopic (exact) mass is 457 g/mol. The molecule has 1 saturated heterocycles. The second kappa shape index (κ2) is 10.5. The van der Waals surface area contributed by atoms with Gasteiger partial charge in [-0.15, -0.1) is 0 Å². The minimum absolute atomic E-state index is 0.0147. The highest BCUT2D eigenvalue weighted by Crippen LogP contribution is 2.32. The van der Waals surface area contributed by atoms with Gasteiger partial charge in [-0.25, -0.2) is 17.9 Å². The van der Waals surface area contributed by atoms with Crippen molar-refractivity contribution in [1.82, 2.24) is 14.9 Å². The van der Waals surface area contributed by atoms with Crippen LogP contribution in [0.2, 0.25) is 0 Å². The molecule has 0 spiro atoms. The zero-order valence-electron chi connectivity index (χ0n) is 17.9. The number of piperidine rings is 1. The maximum Gasteiger partial charge on any atom is 0.405 e. The lowest BCUT2D eigenvalue weighted by molar-refractivity contribution is -0.123. The van der Waals surface area contributed by atoms with E-state index < -0.39 is 40.9 Å². The Morgan fingerprint density at radius 2 is 1.80 bits per heavy atom. The van der Waals surface area contributed by atoms with Crippen molar-refractivity contribution in [2.45, 2.75) is 76.7 Å². The van der Waals surface area contributed by atoms with Crippen molar-refractivity contribution in [3.8, 4) is 0 Å². The molecule has 0 aromatic rings. The van der Waals surface area contributed by atoms with Crippen LogP contribution in [0.5, 0.6) is 0 Å². The van der Waals surface area contributed by atoms with E-state index in [1.807, 2.05) is 5.32 Å². The number of halogens is 3. The van der Waals surface area contributed by atoms with Crippen LogP contribution in [-0.4, -0.2) is 69.7 Å². The number of carbonyl (C=O) groups excluding carboxylic acids is 1. The number of hydrogen-bond donors (Lipinski definition) is 2. The number of ether oxygens (including phenoxy) is 1. The molecular formula is C19H34F3N3O4S. The third kappa shape index (κ3) is 8.22. The summed E-state index contributed by atoms with van der Waals surface area (Å²) in [4.78, 5) is 13.7. The van der Waals surface area contributed by atoms with Crippen LogP contribution in [0.4, 0.5) is 18.0 Å². The molecule has 1 heterocycles. The number of amides is 2. The minimum Gasteiger partial charge on any atom is -0.376 e. The van der Waals surface area contributed by atoms with E-state index in [0.29, 0.717) is 24.7 Å². The fraction of sp³-hybridized carbons (Fsp3) is 0.947. The third-order valence-corrected chi connectivity index (χ3v) is 6.74. The van der Waals surface area contributed by atoms with Gasteiger partial charge in [0.2, 0.25) is 10.0 Å². The molecule has 2 N–H and O–H groups in total. The number of nitrogens with zero attached hydrogens (tertiary/aromatic N) is 1. The first-order valence-corrected chi connectivity index (χ1v) is 12.4. The van der Waals surface area contributed by atoms with Crippen LogP contribution >= 0.6 is 0 Å². The first-order valence-electron chi connectivity index (χ1n) is 10.6. The fourth-order valence-electron chi connectivity index (χ4n) is 4.36. The van der Waals surface area contributed by atoms with Crippen molar-refractivity contribution in [3.63, 3.8) is 0 Å². The first-order chi connectivity index (χ1) is 13.9. The SMILES string of the molecule is CC(C)[C@H]1CC[C@@H](OC[C@H]2[C@@H](NS(C)(=O)=O)CCCN2C(=O)NCC(F)(F)F)CC1. The van der Waals surface area contributed by atoms with Gasteiger partial charge in [-0.3, -0.25) is 0 Å². The second-order valence-electron chi connectivity index (χ2n) is 8.79. The summed E-state index contributed by atoms with van der Waals surface area (Å²) >= 11 is 0. The summed E-state index contributed by atoms with van der Waals surface area (Å²) in [6, 6.07) is -2.12. The van der Waals surface area contributed by atoms with Crippen LogP contribution < -0.4 is 10.0 Å². The first kappa shape index (κ1) is 25.2. The van der Waals surface area contributed by atoms with E-state index >= 15 is 0 Å². The van der Waals surface area contributed by atoms with Gasteiger partial charge in [0.25, 0.3) is 0 Å². The number of alkyl halides is 3.